The van der Waals surface area contributed by atoms with Crippen LogP contribution < -0.4 is 0 Å². The van der Waals surface area contributed by atoms with Gasteiger partial charge in [-0.05, 0) is 13.0 Å². The van der Waals surface area contributed by atoms with Crippen LogP contribution in [-0.4, -0.2) is 21.0 Å². The van der Waals surface area contributed by atoms with Gasteiger partial charge in [-0.25, -0.2) is 0 Å². The summed E-state index contributed by atoms with van der Waals surface area (Å²) < 4.78 is 0. The SMILES string of the molecule is Cc1[nH]cc2ccnc(CC(=O)O)c12. The third kappa shape index (κ3) is 1.35. The molecule has 2 heterocycles. The van der Waals surface area contributed by atoms with Crippen molar-refractivity contribution >= 4 is 16.7 Å². The number of nitrogens with zero attached hydrogens (tertiary/aromatic N) is 1. The molecular formula is C10H10N2O2. The second kappa shape index (κ2) is 3.14. The lowest BCUT2D eigenvalue weighted by Gasteiger charge is -1.99. The van der Waals surface area contributed by atoms with E-state index in [9.17, 15) is 4.79 Å². The summed E-state index contributed by atoms with van der Waals surface area (Å²) in [6.45, 7) is 1.91. The molecule has 0 saturated heterocycles. The fourth-order valence-corrected chi connectivity index (χ4v) is 1.61. The Balaban J connectivity index is 2.63. The number of hydrogen-bond donors (Lipinski definition) is 2. The lowest BCUT2D eigenvalue weighted by Crippen LogP contribution is -2.02. The Hall–Kier alpha value is -1.84. The molecule has 2 aromatic rings. The van der Waals surface area contributed by atoms with E-state index in [0.717, 1.165) is 16.5 Å². The number of pyridine rings is 1. The van der Waals surface area contributed by atoms with Gasteiger partial charge in [0.25, 0.3) is 0 Å². The molecule has 0 radical (unpaired) electrons. The summed E-state index contributed by atoms with van der Waals surface area (Å²) in [6.07, 6.45) is 3.46. The molecule has 0 amide bonds. The van der Waals surface area contributed by atoms with Crippen LogP contribution in [0.5, 0.6) is 0 Å². The predicted octanol–water partition coefficient (Wildman–Crippen LogP) is 1.50. The Bertz CT molecular complexity index is 488. The molecule has 0 unspecified atom stereocenters. The summed E-state index contributed by atoms with van der Waals surface area (Å²) in [5.41, 5.74) is 1.58. The highest BCUT2D eigenvalue weighted by Gasteiger charge is 2.09. The number of carboxylic acids is 1. The van der Waals surface area contributed by atoms with Crippen LogP contribution in [0.1, 0.15) is 11.4 Å². The van der Waals surface area contributed by atoms with Gasteiger partial charge >= 0.3 is 5.97 Å². The standard InChI is InChI=1S/C10H10N2O2/c1-6-10-7(5-12-6)2-3-11-8(10)4-9(13)14/h2-3,5,12H,4H2,1H3,(H,13,14). The van der Waals surface area contributed by atoms with Crippen LogP contribution >= 0.6 is 0 Å². The van der Waals surface area contributed by atoms with E-state index < -0.39 is 5.97 Å². The molecule has 0 fully saturated rings. The molecule has 2 aromatic heterocycles. The number of H-pyrrole nitrogens is 1. The van der Waals surface area contributed by atoms with E-state index in [0.29, 0.717) is 5.69 Å². The molecule has 0 bridgehead atoms. The fraction of sp³-hybridized carbons (Fsp3) is 0.200. The van der Waals surface area contributed by atoms with Crippen molar-refractivity contribution < 1.29 is 9.90 Å². The highest BCUT2D eigenvalue weighted by atomic mass is 16.4. The van der Waals surface area contributed by atoms with Gasteiger partial charge in [0.15, 0.2) is 0 Å². The first-order valence-corrected chi connectivity index (χ1v) is 4.32. The molecule has 0 aliphatic rings. The zero-order chi connectivity index (χ0) is 10.1. The molecular weight excluding hydrogens is 180 g/mol. The van der Waals surface area contributed by atoms with Gasteiger partial charge in [0.2, 0.25) is 0 Å². The van der Waals surface area contributed by atoms with E-state index in [-0.39, 0.29) is 6.42 Å². The maximum absolute atomic E-state index is 10.6. The molecule has 72 valence electrons. The summed E-state index contributed by atoms with van der Waals surface area (Å²) in [4.78, 5) is 17.7. The maximum Gasteiger partial charge on any atom is 0.309 e. The normalized spacial score (nSPS) is 10.6. The van der Waals surface area contributed by atoms with Gasteiger partial charge in [-0.1, -0.05) is 0 Å². The van der Waals surface area contributed by atoms with Crippen molar-refractivity contribution in [1.29, 1.82) is 0 Å². The van der Waals surface area contributed by atoms with Gasteiger partial charge in [0.1, 0.15) is 0 Å². The van der Waals surface area contributed by atoms with Crippen molar-refractivity contribution in [2.75, 3.05) is 0 Å². The Kier molecular flexibility index (Phi) is 1.96. The minimum Gasteiger partial charge on any atom is -0.481 e. The van der Waals surface area contributed by atoms with Crippen LogP contribution in [0.25, 0.3) is 10.8 Å². The second-order valence-corrected chi connectivity index (χ2v) is 3.21. The predicted molar refractivity (Wildman–Crippen MR) is 52.2 cm³/mol. The van der Waals surface area contributed by atoms with Crippen molar-refractivity contribution in [3.63, 3.8) is 0 Å². The number of carboxylic acid groups (broad SMARTS) is 1. The number of nitrogens with one attached hydrogen (secondary N) is 1. The molecule has 2 N–H and O–H groups in total. The molecule has 14 heavy (non-hydrogen) atoms. The number of fused-ring (bicyclic) bond motifs is 1. The molecule has 0 aliphatic heterocycles. The number of carbonyl (C=O) groups is 1. The fourth-order valence-electron chi connectivity index (χ4n) is 1.61. The van der Waals surface area contributed by atoms with Crippen molar-refractivity contribution in [2.24, 2.45) is 0 Å². The monoisotopic (exact) mass is 190 g/mol. The smallest absolute Gasteiger partial charge is 0.309 e. The Labute approximate surface area is 80.6 Å². The van der Waals surface area contributed by atoms with E-state index in [4.69, 9.17) is 5.11 Å². The molecule has 4 nitrogen and oxygen atoms in total. The number of aromatic nitrogens is 2. The van der Waals surface area contributed by atoms with Gasteiger partial charge in [-0.15, -0.1) is 0 Å². The van der Waals surface area contributed by atoms with E-state index in [1.54, 1.807) is 6.20 Å². The average Bonchev–Trinajstić information content (AvgIpc) is 2.48. The van der Waals surface area contributed by atoms with E-state index in [1.165, 1.54) is 0 Å². The van der Waals surface area contributed by atoms with E-state index in [1.807, 2.05) is 19.2 Å². The first-order valence-electron chi connectivity index (χ1n) is 4.32. The quantitative estimate of drug-likeness (QED) is 0.754. The minimum absolute atomic E-state index is 0.0317. The first-order chi connectivity index (χ1) is 6.68. The van der Waals surface area contributed by atoms with E-state index in [2.05, 4.69) is 9.97 Å². The first kappa shape index (κ1) is 8.74. The maximum atomic E-state index is 10.6. The van der Waals surface area contributed by atoms with Crippen LogP contribution in [0.15, 0.2) is 18.5 Å². The number of hydrogen-bond acceptors (Lipinski definition) is 2. The number of aliphatic carboxylic acids is 1. The Morgan fingerprint density at radius 2 is 2.43 bits per heavy atom. The Morgan fingerprint density at radius 1 is 1.64 bits per heavy atom. The van der Waals surface area contributed by atoms with Crippen molar-refractivity contribution in [3.05, 3.63) is 29.8 Å². The average molecular weight is 190 g/mol. The van der Waals surface area contributed by atoms with Crippen LogP contribution in [0.3, 0.4) is 0 Å². The number of aryl methyl sites for hydroxylation is 1. The molecule has 0 saturated carbocycles. The van der Waals surface area contributed by atoms with Gasteiger partial charge in [0, 0.05) is 28.9 Å². The summed E-state index contributed by atoms with van der Waals surface area (Å²) in [5.74, 6) is -0.856. The number of rotatable bonds is 2. The van der Waals surface area contributed by atoms with Gasteiger partial charge in [-0.3, -0.25) is 9.78 Å². The van der Waals surface area contributed by atoms with Crippen molar-refractivity contribution in [2.45, 2.75) is 13.3 Å². The molecule has 0 atom stereocenters. The largest absolute Gasteiger partial charge is 0.481 e. The van der Waals surface area contributed by atoms with Gasteiger partial charge < -0.3 is 10.1 Å². The Morgan fingerprint density at radius 3 is 3.14 bits per heavy atom. The number of aromatic amines is 1. The molecule has 0 spiro atoms. The summed E-state index contributed by atoms with van der Waals surface area (Å²) in [7, 11) is 0. The molecule has 4 heteroatoms. The minimum atomic E-state index is -0.856. The third-order valence-corrected chi connectivity index (χ3v) is 2.20. The van der Waals surface area contributed by atoms with Crippen LogP contribution in [0.2, 0.25) is 0 Å². The van der Waals surface area contributed by atoms with Gasteiger partial charge in [0.05, 0.1) is 12.1 Å². The van der Waals surface area contributed by atoms with E-state index >= 15 is 0 Å². The zero-order valence-electron chi connectivity index (χ0n) is 7.74. The third-order valence-electron chi connectivity index (χ3n) is 2.20. The van der Waals surface area contributed by atoms with Crippen LogP contribution in [0, 0.1) is 6.92 Å². The second-order valence-electron chi connectivity index (χ2n) is 3.21. The summed E-state index contributed by atoms with van der Waals surface area (Å²) in [6, 6.07) is 1.87. The topological polar surface area (TPSA) is 66.0 Å². The highest BCUT2D eigenvalue weighted by molar-refractivity contribution is 5.89. The van der Waals surface area contributed by atoms with Crippen molar-refractivity contribution in [3.8, 4) is 0 Å². The highest BCUT2D eigenvalue weighted by Crippen LogP contribution is 2.20. The summed E-state index contributed by atoms with van der Waals surface area (Å²) in [5, 5.41) is 10.6. The van der Waals surface area contributed by atoms with Crippen LogP contribution in [-0.2, 0) is 11.2 Å². The molecule has 2 rings (SSSR count). The van der Waals surface area contributed by atoms with Crippen molar-refractivity contribution in [1.82, 2.24) is 9.97 Å². The zero-order valence-corrected chi connectivity index (χ0v) is 7.74. The molecule has 0 aliphatic carbocycles. The lowest BCUT2D eigenvalue weighted by atomic mass is 10.1. The summed E-state index contributed by atoms with van der Waals surface area (Å²) >= 11 is 0. The van der Waals surface area contributed by atoms with Crippen LogP contribution in [0.4, 0.5) is 0 Å². The molecule has 0 aromatic carbocycles. The lowest BCUT2D eigenvalue weighted by molar-refractivity contribution is -0.136. The van der Waals surface area contributed by atoms with Gasteiger partial charge in [-0.2, -0.15) is 0 Å².